The number of aliphatic imine (C=N–C) groups is 1. The Morgan fingerprint density at radius 2 is 1.84 bits per heavy atom. The number of ether oxygens (including phenoxy) is 1. The lowest BCUT2D eigenvalue weighted by Crippen LogP contribution is -2.32. The van der Waals surface area contributed by atoms with E-state index in [1.807, 2.05) is 30.3 Å². The lowest BCUT2D eigenvalue weighted by molar-refractivity contribution is -0.113. The molecule has 2 N–H and O–H groups in total. The molecule has 0 spiro atoms. The van der Waals surface area contributed by atoms with Gasteiger partial charge in [0.1, 0.15) is 17.6 Å². The number of nitrogens with zero attached hydrogens (tertiary/aromatic N) is 2. The quantitative estimate of drug-likeness (QED) is 0.503. The monoisotopic (exact) mass is 418 g/mol. The van der Waals surface area contributed by atoms with E-state index in [-0.39, 0.29) is 5.71 Å². The van der Waals surface area contributed by atoms with E-state index in [2.05, 4.69) is 15.3 Å². The molecule has 0 aliphatic carbocycles. The second-order valence-electron chi connectivity index (χ2n) is 6.82. The van der Waals surface area contributed by atoms with E-state index < -0.39 is 23.6 Å². The molecule has 3 rings (SSSR count). The SMILES string of the molecule is CN=CC(C(=N)C(=O)C(Nc1cncc(OC)c1)c1ccc(F)cc1)c1ccccc1. The van der Waals surface area contributed by atoms with Gasteiger partial charge < -0.3 is 15.5 Å². The molecule has 3 aromatic rings. The molecule has 31 heavy (non-hydrogen) atoms. The summed E-state index contributed by atoms with van der Waals surface area (Å²) in [7, 11) is 3.12. The number of nitrogens with one attached hydrogen (secondary N) is 2. The van der Waals surface area contributed by atoms with Gasteiger partial charge in [0.05, 0.1) is 36.8 Å². The van der Waals surface area contributed by atoms with E-state index in [1.54, 1.807) is 31.7 Å². The third-order valence-electron chi connectivity index (χ3n) is 4.76. The summed E-state index contributed by atoms with van der Waals surface area (Å²) >= 11 is 0. The summed E-state index contributed by atoms with van der Waals surface area (Å²) in [6, 6.07) is 15.7. The Labute approximate surface area is 180 Å². The first-order valence-corrected chi connectivity index (χ1v) is 9.64. The third-order valence-corrected chi connectivity index (χ3v) is 4.76. The molecule has 1 aromatic heterocycles. The Kier molecular flexibility index (Phi) is 7.22. The zero-order valence-corrected chi connectivity index (χ0v) is 17.2. The van der Waals surface area contributed by atoms with Gasteiger partial charge >= 0.3 is 0 Å². The van der Waals surface area contributed by atoms with Crippen molar-refractivity contribution in [3.05, 3.63) is 90.0 Å². The van der Waals surface area contributed by atoms with Gasteiger partial charge in [-0.25, -0.2) is 4.39 Å². The van der Waals surface area contributed by atoms with E-state index in [1.165, 1.54) is 31.4 Å². The number of carbonyl (C=O) groups excluding carboxylic acids is 1. The molecule has 0 saturated carbocycles. The highest BCUT2D eigenvalue weighted by Crippen LogP contribution is 2.26. The maximum atomic E-state index is 13.5. The van der Waals surface area contributed by atoms with E-state index in [4.69, 9.17) is 10.1 Å². The van der Waals surface area contributed by atoms with Crippen LogP contribution in [-0.4, -0.2) is 36.9 Å². The largest absolute Gasteiger partial charge is 0.495 e. The molecular weight excluding hydrogens is 395 g/mol. The first kappa shape index (κ1) is 21.8. The summed E-state index contributed by atoms with van der Waals surface area (Å²) in [5.74, 6) is -0.950. The number of aromatic nitrogens is 1. The van der Waals surface area contributed by atoms with Crippen molar-refractivity contribution in [2.75, 3.05) is 19.5 Å². The molecule has 0 aliphatic heterocycles. The van der Waals surface area contributed by atoms with Crippen LogP contribution in [0.2, 0.25) is 0 Å². The number of ketones is 1. The first-order chi connectivity index (χ1) is 15.0. The molecule has 0 fully saturated rings. The van der Waals surface area contributed by atoms with Crippen LogP contribution in [0.25, 0.3) is 0 Å². The van der Waals surface area contributed by atoms with Gasteiger partial charge in [0, 0.05) is 19.3 Å². The van der Waals surface area contributed by atoms with Crippen LogP contribution in [0, 0.1) is 11.2 Å². The van der Waals surface area contributed by atoms with Crippen LogP contribution in [0.4, 0.5) is 10.1 Å². The van der Waals surface area contributed by atoms with Crippen molar-refractivity contribution in [3.8, 4) is 5.75 Å². The number of hydrogen-bond acceptors (Lipinski definition) is 6. The number of methoxy groups -OCH3 is 1. The Hall–Kier alpha value is -3.87. The normalized spacial score (nSPS) is 12.9. The smallest absolute Gasteiger partial charge is 0.204 e. The predicted octanol–water partition coefficient (Wildman–Crippen LogP) is 4.46. The number of Topliss-reactive ketones (excluding diaryl/α,β-unsaturated/α-hetero) is 1. The van der Waals surface area contributed by atoms with Crippen LogP contribution in [0.3, 0.4) is 0 Å². The lowest BCUT2D eigenvalue weighted by Gasteiger charge is -2.22. The maximum Gasteiger partial charge on any atom is 0.204 e. The van der Waals surface area contributed by atoms with Crippen LogP contribution in [0.5, 0.6) is 5.75 Å². The summed E-state index contributed by atoms with van der Waals surface area (Å²) in [6.07, 6.45) is 4.67. The number of pyridine rings is 1. The van der Waals surface area contributed by atoms with Gasteiger partial charge in [0.2, 0.25) is 5.78 Å². The molecule has 7 heteroatoms. The van der Waals surface area contributed by atoms with Gasteiger partial charge in [-0.15, -0.1) is 0 Å². The fraction of sp³-hybridized carbons (Fsp3) is 0.167. The van der Waals surface area contributed by atoms with Crippen molar-refractivity contribution in [2.45, 2.75) is 12.0 Å². The molecule has 6 nitrogen and oxygen atoms in total. The van der Waals surface area contributed by atoms with Gasteiger partial charge in [-0.2, -0.15) is 0 Å². The zero-order chi connectivity index (χ0) is 22.2. The minimum Gasteiger partial charge on any atom is -0.495 e. The minimum atomic E-state index is -0.918. The lowest BCUT2D eigenvalue weighted by atomic mass is 9.88. The molecular formula is C24H23FN4O2. The van der Waals surface area contributed by atoms with Crippen molar-refractivity contribution < 1.29 is 13.9 Å². The molecule has 2 unspecified atom stereocenters. The summed E-state index contributed by atoms with van der Waals surface area (Å²) in [5.41, 5.74) is 1.72. The average molecular weight is 418 g/mol. The molecule has 158 valence electrons. The van der Waals surface area contributed by atoms with E-state index in [0.29, 0.717) is 17.0 Å². The molecule has 1 heterocycles. The summed E-state index contributed by atoms with van der Waals surface area (Å²) in [4.78, 5) is 21.6. The molecule has 0 amide bonds. The van der Waals surface area contributed by atoms with Crippen LogP contribution >= 0.6 is 0 Å². The third kappa shape index (κ3) is 5.39. The highest BCUT2D eigenvalue weighted by atomic mass is 19.1. The van der Waals surface area contributed by atoms with E-state index >= 15 is 0 Å². The van der Waals surface area contributed by atoms with E-state index in [0.717, 1.165) is 5.56 Å². The summed E-state index contributed by atoms with van der Waals surface area (Å²) in [5, 5.41) is 11.8. The molecule has 0 aliphatic rings. The highest BCUT2D eigenvalue weighted by molar-refractivity contribution is 6.45. The van der Waals surface area contributed by atoms with Gasteiger partial charge in [0.15, 0.2) is 0 Å². The first-order valence-electron chi connectivity index (χ1n) is 9.64. The Bertz CT molecular complexity index is 1070. The summed E-state index contributed by atoms with van der Waals surface area (Å²) in [6.45, 7) is 0. The fourth-order valence-corrected chi connectivity index (χ4v) is 3.18. The number of hydrogen-bond donors (Lipinski definition) is 2. The average Bonchev–Trinajstić information content (AvgIpc) is 2.81. The Morgan fingerprint density at radius 3 is 2.48 bits per heavy atom. The molecule has 0 radical (unpaired) electrons. The second-order valence-corrected chi connectivity index (χ2v) is 6.82. The van der Waals surface area contributed by atoms with Crippen molar-refractivity contribution in [1.82, 2.24) is 4.98 Å². The van der Waals surface area contributed by atoms with Gasteiger partial charge in [-0.05, 0) is 23.3 Å². The standard InChI is InChI=1S/C24H23FN4O2/c1-27-15-21(16-6-4-3-5-7-16)22(26)24(30)23(17-8-10-18(25)11-9-17)29-19-12-20(31-2)14-28-13-19/h3-15,21,23,26,29H,1-2H3. The molecule has 0 bridgehead atoms. The Balaban J connectivity index is 1.97. The highest BCUT2D eigenvalue weighted by Gasteiger charge is 2.29. The number of halogens is 1. The number of anilines is 1. The van der Waals surface area contributed by atoms with Gasteiger partial charge in [-0.1, -0.05) is 42.5 Å². The van der Waals surface area contributed by atoms with E-state index in [9.17, 15) is 9.18 Å². The van der Waals surface area contributed by atoms with Gasteiger partial charge in [-0.3, -0.25) is 14.8 Å². The van der Waals surface area contributed by atoms with Crippen LogP contribution in [0.1, 0.15) is 23.1 Å². The topological polar surface area (TPSA) is 87.4 Å². The molecule has 0 saturated heterocycles. The van der Waals surface area contributed by atoms with Crippen LogP contribution < -0.4 is 10.1 Å². The fourth-order valence-electron chi connectivity index (χ4n) is 3.18. The van der Waals surface area contributed by atoms with Crippen molar-refractivity contribution >= 4 is 23.4 Å². The van der Waals surface area contributed by atoms with Gasteiger partial charge in [0.25, 0.3) is 0 Å². The van der Waals surface area contributed by atoms with Crippen LogP contribution in [0.15, 0.2) is 78.0 Å². The molecule has 2 atom stereocenters. The zero-order valence-electron chi connectivity index (χ0n) is 17.2. The summed E-state index contributed by atoms with van der Waals surface area (Å²) < 4.78 is 18.7. The number of carbonyl (C=O) groups is 1. The van der Waals surface area contributed by atoms with Crippen molar-refractivity contribution in [1.29, 1.82) is 5.41 Å². The number of benzene rings is 2. The van der Waals surface area contributed by atoms with Crippen LogP contribution in [-0.2, 0) is 4.79 Å². The minimum absolute atomic E-state index is 0.130. The number of rotatable bonds is 9. The maximum absolute atomic E-state index is 13.5. The van der Waals surface area contributed by atoms with Crippen molar-refractivity contribution in [3.63, 3.8) is 0 Å². The van der Waals surface area contributed by atoms with Crippen molar-refractivity contribution in [2.24, 2.45) is 4.99 Å². The second kappa shape index (κ2) is 10.2. The molecule has 2 aromatic carbocycles. The Morgan fingerprint density at radius 1 is 1.13 bits per heavy atom. The predicted molar refractivity (Wildman–Crippen MR) is 120 cm³/mol.